The molecule has 0 unspecified atom stereocenters. The Bertz CT molecular complexity index is 565. The lowest BCUT2D eigenvalue weighted by atomic mass is 9.97. The fourth-order valence-corrected chi connectivity index (χ4v) is 1.78. The van der Waals surface area contributed by atoms with Gasteiger partial charge >= 0.3 is 0 Å². The Balaban J connectivity index is 2.09. The third-order valence-corrected chi connectivity index (χ3v) is 2.94. The van der Waals surface area contributed by atoms with Gasteiger partial charge in [0.05, 0.1) is 0 Å². The average molecular weight is 268 g/mol. The van der Waals surface area contributed by atoms with E-state index in [4.69, 9.17) is 0 Å². The fraction of sp³-hybridized carbons (Fsp3) is 0.294. The first kappa shape index (κ1) is 14.3. The van der Waals surface area contributed by atoms with E-state index in [1.54, 1.807) is 0 Å². The molecule has 0 amide bonds. The van der Waals surface area contributed by atoms with Crippen molar-refractivity contribution in [2.45, 2.75) is 20.8 Å². The molecule has 0 aliphatic carbocycles. The minimum Gasteiger partial charge on any atom is -0.370 e. The van der Waals surface area contributed by atoms with Crippen molar-refractivity contribution in [3.8, 4) is 11.1 Å². The SMILES string of the molecule is CC(C)(C)CNc1ccc(-c2ccc(C=O)cc2)cn1. The second-order valence-corrected chi connectivity index (χ2v) is 6.09. The number of benzene rings is 1. The maximum absolute atomic E-state index is 10.6. The summed E-state index contributed by atoms with van der Waals surface area (Å²) in [5, 5.41) is 3.32. The van der Waals surface area contributed by atoms with Crippen LogP contribution in [0.4, 0.5) is 5.82 Å². The molecule has 2 rings (SSSR count). The smallest absolute Gasteiger partial charge is 0.150 e. The Hall–Kier alpha value is -2.16. The first-order chi connectivity index (χ1) is 9.48. The second-order valence-electron chi connectivity index (χ2n) is 6.09. The number of carbonyl (C=O) groups excluding carboxylic acids is 1. The van der Waals surface area contributed by atoms with Crippen LogP contribution < -0.4 is 5.32 Å². The molecule has 0 radical (unpaired) electrons. The highest BCUT2D eigenvalue weighted by Crippen LogP contribution is 2.20. The summed E-state index contributed by atoms with van der Waals surface area (Å²) in [7, 11) is 0. The summed E-state index contributed by atoms with van der Waals surface area (Å²) in [6.45, 7) is 7.43. The minimum absolute atomic E-state index is 0.227. The van der Waals surface area contributed by atoms with Gasteiger partial charge in [-0.3, -0.25) is 4.79 Å². The van der Waals surface area contributed by atoms with Gasteiger partial charge in [-0.25, -0.2) is 4.98 Å². The monoisotopic (exact) mass is 268 g/mol. The van der Waals surface area contributed by atoms with E-state index >= 15 is 0 Å². The summed E-state index contributed by atoms with van der Waals surface area (Å²) in [6.07, 6.45) is 2.70. The summed E-state index contributed by atoms with van der Waals surface area (Å²) >= 11 is 0. The molecule has 1 N–H and O–H groups in total. The maximum Gasteiger partial charge on any atom is 0.150 e. The summed E-state index contributed by atoms with van der Waals surface area (Å²) in [5.74, 6) is 0.883. The number of nitrogens with one attached hydrogen (secondary N) is 1. The molecule has 0 saturated carbocycles. The predicted molar refractivity (Wildman–Crippen MR) is 83.0 cm³/mol. The molecule has 20 heavy (non-hydrogen) atoms. The molecule has 2 aromatic rings. The first-order valence-electron chi connectivity index (χ1n) is 6.73. The van der Waals surface area contributed by atoms with Crippen LogP contribution >= 0.6 is 0 Å². The maximum atomic E-state index is 10.6. The lowest BCUT2D eigenvalue weighted by Gasteiger charge is -2.19. The summed E-state index contributed by atoms with van der Waals surface area (Å²) in [5.41, 5.74) is 3.02. The van der Waals surface area contributed by atoms with Crippen molar-refractivity contribution < 1.29 is 4.79 Å². The van der Waals surface area contributed by atoms with Crippen LogP contribution in [0.25, 0.3) is 11.1 Å². The molecule has 1 aromatic heterocycles. The number of carbonyl (C=O) groups is 1. The minimum atomic E-state index is 0.227. The molecule has 3 nitrogen and oxygen atoms in total. The quantitative estimate of drug-likeness (QED) is 0.852. The average Bonchev–Trinajstić information content (AvgIpc) is 2.45. The van der Waals surface area contributed by atoms with Gasteiger partial charge in [-0.2, -0.15) is 0 Å². The normalized spacial score (nSPS) is 11.2. The summed E-state index contributed by atoms with van der Waals surface area (Å²) in [6, 6.07) is 11.5. The van der Waals surface area contributed by atoms with E-state index in [9.17, 15) is 4.79 Å². The van der Waals surface area contributed by atoms with E-state index in [-0.39, 0.29) is 5.41 Å². The second kappa shape index (κ2) is 5.87. The lowest BCUT2D eigenvalue weighted by Crippen LogP contribution is -2.19. The number of aromatic nitrogens is 1. The van der Waals surface area contributed by atoms with Crippen LogP contribution in [-0.2, 0) is 0 Å². The molecule has 104 valence electrons. The number of pyridine rings is 1. The van der Waals surface area contributed by atoms with Crippen molar-refractivity contribution >= 4 is 12.1 Å². The lowest BCUT2D eigenvalue weighted by molar-refractivity contribution is 0.112. The van der Waals surface area contributed by atoms with Crippen LogP contribution in [0.5, 0.6) is 0 Å². The van der Waals surface area contributed by atoms with Crippen LogP contribution in [-0.4, -0.2) is 17.8 Å². The third kappa shape index (κ3) is 3.92. The summed E-state index contributed by atoms with van der Waals surface area (Å²) < 4.78 is 0. The fourth-order valence-electron chi connectivity index (χ4n) is 1.78. The molecule has 0 fully saturated rings. The molecule has 1 heterocycles. The predicted octanol–water partition coefficient (Wildman–Crippen LogP) is 4.02. The van der Waals surface area contributed by atoms with E-state index in [1.807, 2.05) is 42.6 Å². The molecule has 1 aromatic carbocycles. The summed E-state index contributed by atoms with van der Waals surface area (Å²) in [4.78, 5) is 15.1. The zero-order chi connectivity index (χ0) is 14.6. The van der Waals surface area contributed by atoms with Crippen LogP contribution in [0.1, 0.15) is 31.1 Å². The number of hydrogen-bond donors (Lipinski definition) is 1. The number of anilines is 1. The van der Waals surface area contributed by atoms with Gasteiger partial charge in [0.2, 0.25) is 0 Å². The van der Waals surface area contributed by atoms with Crippen molar-refractivity contribution in [2.24, 2.45) is 5.41 Å². The molecule has 3 heteroatoms. The Morgan fingerprint density at radius 1 is 1.05 bits per heavy atom. The number of nitrogens with zero attached hydrogens (tertiary/aromatic N) is 1. The molecule has 0 aliphatic heterocycles. The van der Waals surface area contributed by atoms with Crippen molar-refractivity contribution in [3.05, 3.63) is 48.2 Å². The van der Waals surface area contributed by atoms with Crippen molar-refractivity contribution in [2.75, 3.05) is 11.9 Å². The third-order valence-electron chi connectivity index (χ3n) is 2.94. The van der Waals surface area contributed by atoms with Gasteiger partial charge in [0.25, 0.3) is 0 Å². The number of rotatable bonds is 4. The van der Waals surface area contributed by atoms with Crippen LogP contribution in [0.15, 0.2) is 42.6 Å². The Labute approximate surface area is 120 Å². The molecular formula is C17H20N2O. The molecule has 0 aliphatic rings. The molecule has 0 spiro atoms. The van der Waals surface area contributed by atoms with Gasteiger partial charge in [0, 0.05) is 23.9 Å². The highest BCUT2D eigenvalue weighted by molar-refractivity contribution is 5.76. The van der Waals surface area contributed by atoms with Gasteiger partial charge in [-0.15, -0.1) is 0 Å². The van der Waals surface area contributed by atoms with Gasteiger partial charge in [0.15, 0.2) is 0 Å². The Morgan fingerprint density at radius 2 is 1.70 bits per heavy atom. The highest BCUT2D eigenvalue weighted by atomic mass is 16.1. The molecule has 0 atom stereocenters. The molecular weight excluding hydrogens is 248 g/mol. The zero-order valence-corrected chi connectivity index (χ0v) is 12.2. The van der Waals surface area contributed by atoms with Crippen LogP contribution in [0.3, 0.4) is 0 Å². The van der Waals surface area contributed by atoms with Crippen molar-refractivity contribution in [1.82, 2.24) is 4.98 Å². The van der Waals surface area contributed by atoms with Crippen molar-refractivity contribution in [1.29, 1.82) is 0 Å². The van der Waals surface area contributed by atoms with E-state index in [0.717, 1.165) is 29.8 Å². The van der Waals surface area contributed by atoms with Crippen molar-refractivity contribution in [3.63, 3.8) is 0 Å². The number of hydrogen-bond acceptors (Lipinski definition) is 3. The van der Waals surface area contributed by atoms with E-state index < -0.39 is 0 Å². The van der Waals surface area contributed by atoms with Gasteiger partial charge in [-0.1, -0.05) is 45.0 Å². The topological polar surface area (TPSA) is 42.0 Å². The van der Waals surface area contributed by atoms with E-state index in [1.165, 1.54) is 0 Å². The largest absolute Gasteiger partial charge is 0.370 e. The number of aldehydes is 1. The van der Waals surface area contributed by atoms with Gasteiger partial charge in [-0.05, 0) is 23.1 Å². The van der Waals surface area contributed by atoms with Gasteiger partial charge in [0.1, 0.15) is 12.1 Å². The molecule has 0 bridgehead atoms. The first-order valence-corrected chi connectivity index (χ1v) is 6.73. The Morgan fingerprint density at radius 3 is 2.20 bits per heavy atom. The van der Waals surface area contributed by atoms with Crippen LogP contribution in [0, 0.1) is 5.41 Å². The standard InChI is InChI=1S/C17H20N2O/c1-17(2,3)12-19-16-9-8-15(10-18-16)14-6-4-13(11-20)5-7-14/h4-11H,12H2,1-3H3,(H,18,19). The van der Waals surface area contributed by atoms with Gasteiger partial charge < -0.3 is 5.32 Å². The molecule has 0 saturated heterocycles. The van der Waals surface area contributed by atoms with E-state index in [0.29, 0.717) is 5.56 Å². The van der Waals surface area contributed by atoms with E-state index in [2.05, 4.69) is 31.1 Å². The highest BCUT2D eigenvalue weighted by Gasteiger charge is 2.09. The Kier molecular flexibility index (Phi) is 4.18. The van der Waals surface area contributed by atoms with Crippen LogP contribution in [0.2, 0.25) is 0 Å². The zero-order valence-electron chi connectivity index (χ0n) is 12.2.